The number of nitrogens with zero attached hydrogens (tertiary/aromatic N) is 2. The van der Waals surface area contributed by atoms with Crippen LogP contribution in [0.15, 0.2) is 0 Å². The second-order valence-corrected chi connectivity index (χ2v) is 7.86. The molecule has 4 fully saturated rings. The maximum Gasteiger partial charge on any atom is 0.318 e. The molecule has 0 aromatic carbocycles. The van der Waals surface area contributed by atoms with E-state index in [0.717, 1.165) is 38.5 Å². The van der Waals surface area contributed by atoms with Crippen molar-refractivity contribution in [2.24, 2.45) is 0 Å². The fourth-order valence-corrected chi connectivity index (χ4v) is 5.19. The zero-order chi connectivity index (χ0) is 16.7. The minimum Gasteiger partial charge on any atom is -0.335 e. The Hall–Kier alpha value is -1.59. The zero-order valence-electron chi connectivity index (χ0n) is 14.2. The van der Waals surface area contributed by atoms with Gasteiger partial charge >= 0.3 is 6.03 Å². The van der Waals surface area contributed by atoms with E-state index in [-0.39, 0.29) is 36.0 Å². The summed E-state index contributed by atoms with van der Waals surface area (Å²) in [7, 11) is 0. The smallest absolute Gasteiger partial charge is 0.318 e. The van der Waals surface area contributed by atoms with Gasteiger partial charge in [0.25, 0.3) is 0 Å². The van der Waals surface area contributed by atoms with E-state index in [1.807, 2.05) is 4.90 Å². The van der Waals surface area contributed by atoms with E-state index in [1.165, 1.54) is 24.2 Å². The van der Waals surface area contributed by atoms with Gasteiger partial charge in [-0.25, -0.2) is 4.79 Å². The number of amides is 4. The number of hydrogen-bond donors (Lipinski definition) is 1. The molecule has 3 saturated heterocycles. The molecule has 4 rings (SSSR count). The van der Waals surface area contributed by atoms with Gasteiger partial charge in [0.15, 0.2) is 0 Å². The number of imide groups is 1. The number of carbonyl (C=O) groups is 3. The van der Waals surface area contributed by atoms with Gasteiger partial charge in [-0.3, -0.25) is 14.5 Å². The summed E-state index contributed by atoms with van der Waals surface area (Å²) in [6.07, 6.45) is 10.1. The molecule has 1 aliphatic carbocycles. The number of nitrogens with one attached hydrogen (secondary N) is 1. The summed E-state index contributed by atoms with van der Waals surface area (Å²) in [6.45, 7) is 0. The number of hydrogen-bond acceptors (Lipinski definition) is 3. The van der Waals surface area contributed by atoms with Crippen LogP contribution < -0.4 is 5.32 Å². The van der Waals surface area contributed by atoms with Crippen LogP contribution in [0.5, 0.6) is 0 Å². The number of likely N-dealkylation sites (tertiary alicyclic amines) is 1. The van der Waals surface area contributed by atoms with Crippen molar-refractivity contribution in [2.75, 3.05) is 0 Å². The van der Waals surface area contributed by atoms with Crippen LogP contribution in [-0.4, -0.2) is 51.8 Å². The Kier molecular flexibility index (Phi) is 4.22. The van der Waals surface area contributed by atoms with Gasteiger partial charge in [-0.15, -0.1) is 0 Å². The van der Waals surface area contributed by atoms with Crippen molar-refractivity contribution in [3.63, 3.8) is 0 Å². The highest BCUT2D eigenvalue weighted by Gasteiger charge is 2.48. The van der Waals surface area contributed by atoms with Gasteiger partial charge in [-0.05, 0) is 38.5 Å². The Bertz CT molecular complexity index is 514. The minimum atomic E-state index is -0.0236. The van der Waals surface area contributed by atoms with Crippen molar-refractivity contribution in [1.82, 2.24) is 15.1 Å². The minimum absolute atomic E-state index is 0.00345. The van der Waals surface area contributed by atoms with Crippen LogP contribution in [0.1, 0.15) is 70.6 Å². The molecule has 2 unspecified atom stereocenters. The summed E-state index contributed by atoms with van der Waals surface area (Å²) in [6, 6.07) is 0.762. The first-order valence-corrected chi connectivity index (χ1v) is 9.57. The molecule has 6 nitrogen and oxygen atoms in total. The van der Waals surface area contributed by atoms with Crippen molar-refractivity contribution in [3.8, 4) is 0 Å². The van der Waals surface area contributed by atoms with Gasteiger partial charge < -0.3 is 10.2 Å². The molecule has 1 N–H and O–H groups in total. The quantitative estimate of drug-likeness (QED) is 0.788. The van der Waals surface area contributed by atoms with Crippen molar-refractivity contribution in [1.29, 1.82) is 0 Å². The lowest BCUT2D eigenvalue weighted by atomic mass is 9.94. The molecular formula is C18H27N3O3. The lowest BCUT2D eigenvalue weighted by Gasteiger charge is -2.42. The maximum absolute atomic E-state index is 12.8. The predicted molar refractivity (Wildman–Crippen MR) is 88.2 cm³/mol. The summed E-state index contributed by atoms with van der Waals surface area (Å²) in [5, 5.41) is 3.23. The number of urea groups is 1. The van der Waals surface area contributed by atoms with E-state index in [2.05, 4.69) is 5.32 Å². The molecule has 0 radical (unpaired) electrons. The summed E-state index contributed by atoms with van der Waals surface area (Å²) in [5.74, 6) is -0.0472. The van der Waals surface area contributed by atoms with Crippen molar-refractivity contribution >= 4 is 17.8 Å². The Balaban J connectivity index is 1.40. The average molecular weight is 333 g/mol. The molecule has 24 heavy (non-hydrogen) atoms. The molecule has 6 heteroatoms. The third-order valence-electron chi connectivity index (χ3n) is 6.33. The number of fused-ring (bicyclic) bond motifs is 2. The topological polar surface area (TPSA) is 69.7 Å². The number of piperidine rings is 1. The Morgan fingerprint density at radius 3 is 2.00 bits per heavy atom. The molecule has 2 atom stereocenters. The molecule has 0 aromatic heterocycles. The van der Waals surface area contributed by atoms with E-state index in [0.29, 0.717) is 18.9 Å². The van der Waals surface area contributed by atoms with Gasteiger partial charge in [0.2, 0.25) is 11.8 Å². The van der Waals surface area contributed by atoms with Crippen LogP contribution in [0.2, 0.25) is 0 Å². The highest BCUT2D eigenvalue weighted by molar-refractivity contribution is 6.02. The summed E-state index contributed by atoms with van der Waals surface area (Å²) in [5.41, 5.74) is 0. The molecule has 0 aromatic rings. The Morgan fingerprint density at radius 2 is 1.42 bits per heavy atom. The second kappa shape index (κ2) is 6.37. The SMILES string of the molecule is O=C1CCC(=O)N1C1CC2CCC(C1)N2C(=O)NC1CCCCC1. The molecule has 2 bridgehead atoms. The Labute approximate surface area is 142 Å². The monoisotopic (exact) mass is 333 g/mol. The number of carbonyl (C=O) groups excluding carboxylic acids is 3. The normalized spacial score (nSPS) is 34.1. The highest BCUT2D eigenvalue weighted by atomic mass is 16.2. The molecule has 3 aliphatic heterocycles. The van der Waals surface area contributed by atoms with E-state index in [9.17, 15) is 14.4 Å². The zero-order valence-corrected chi connectivity index (χ0v) is 14.2. The van der Waals surface area contributed by atoms with Crippen molar-refractivity contribution in [3.05, 3.63) is 0 Å². The first kappa shape index (κ1) is 15.9. The Morgan fingerprint density at radius 1 is 0.833 bits per heavy atom. The van der Waals surface area contributed by atoms with E-state index >= 15 is 0 Å². The van der Waals surface area contributed by atoms with Crippen LogP contribution in [0, 0.1) is 0 Å². The van der Waals surface area contributed by atoms with Crippen LogP contribution in [0.4, 0.5) is 4.79 Å². The van der Waals surface area contributed by atoms with Crippen molar-refractivity contribution < 1.29 is 14.4 Å². The van der Waals surface area contributed by atoms with Gasteiger partial charge in [-0.2, -0.15) is 0 Å². The standard InChI is InChI=1S/C18H27N3O3/c22-16-8-9-17(23)21(16)15-10-13-6-7-14(11-15)20(13)18(24)19-12-4-2-1-3-5-12/h12-15H,1-11H2,(H,19,24). The first-order valence-electron chi connectivity index (χ1n) is 9.57. The van der Waals surface area contributed by atoms with E-state index in [4.69, 9.17) is 0 Å². The van der Waals surface area contributed by atoms with Crippen LogP contribution >= 0.6 is 0 Å². The maximum atomic E-state index is 12.8. The number of rotatable bonds is 2. The van der Waals surface area contributed by atoms with Crippen molar-refractivity contribution in [2.45, 2.75) is 94.8 Å². The highest BCUT2D eigenvalue weighted by Crippen LogP contribution is 2.39. The van der Waals surface area contributed by atoms with E-state index in [1.54, 1.807) is 0 Å². The molecular weight excluding hydrogens is 306 g/mol. The second-order valence-electron chi connectivity index (χ2n) is 7.86. The van der Waals surface area contributed by atoms with E-state index < -0.39 is 0 Å². The van der Waals surface area contributed by atoms with Crippen LogP contribution in [0.25, 0.3) is 0 Å². The molecule has 132 valence electrons. The molecule has 3 heterocycles. The molecule has 0 spiro atoms. The van der Waals surface area contributed by atoms with Crippen LogP contribution in [0.3, 0.4) is 0 Å². The molecule has 4 amide bonds. The summed E-state index contributed by atoms with van der Waals surface area (Å²) < 4.78 is 0. The third kappa shape index (κ3) is 2.80. The van der Waals surface area contributed by atoms with Gasteiger partial charge in [0.1, 0.15) is 0 Å². The molecule has 4 aliphatic rings. The predicted octanol–water partition coefficient (Wildman–Crippen LogP) is 2.17. The lowest BCUT2D eigenvalue weighted by molar-refractivity contribution is -0.142. The summed E-state index contributed by atoms with van der Waals surface area (Å²) in [4.78, 5) is 40.3. The average Bonchev–Trinajstić information content (AvgIpc) is 3.05. The van der Waals surface area contributed by atoms with Gasteiger partial charge in [-0.1, -0.05) is 19.3 Å². The first-order chi connectivity index (χ1) is 11.6. The third-order valence-corrected chi connectivity index (χ3v) is 6.33. The lowest BCUT2D eigenvalue weighted by Crippen LogP contribution is -2.57. The summed E-state index contributed by atoms with van der Waals surface area (Å²) >= 11 is 0. The largest absolute Gasteiger partial charge is 0.335 e. The van der Waals surface area contributed by atoms with Gasteiger partial charge in [0, 0.05) is 37.0 Å². The van der Waals surface area contributed by atoms with Gasteiger partial charge in [0.05, 0.1) is 0 Å². The fourth-order valence-electron chi connectivity index (χ4n) is 5.19. The fraction of sp³-hybridized carbons (Fsp3) is 0.833. The molecule has 1 saturated carbocycles. The van der Waals surface area contributed by atoms with Crippen LogP contribution in [-0.2, 0) is 9.59 Å².